The molecule has 2 aliphatic heterocycles. The third-order valence-electron chi connectivity index (χ3n) is 12.4. The highest BCUT2D eigenvalue weighted by atomic mass is 31.3. The maximum atomic E-state index is 13.9. The SMILES string of the molecule is CCCCC[C@H](O)C=C[C@H]1C(=O)C[C@H](O)[C@@H]2CC=CCCCC(=O)O[C@H](COC(=O)CCCCCCCCCCC(C)CC)COP(=O)(O)OP(=O)(O)OC[C@@H](O[C@H]2n2ccc(N)nc2=O)[C@@H](O)[C@H]1O. The summed E-state index contributed by atoms with van der Waals surface area (Å²) >= 11 is 0. The zero-order valence-electron chi connectivity index (χ0n) is 40.9. The summed E-state index contributed by atoms with van der Waals surface area (Å²) in [4.78, 5) is 77.8. The molecule has 3 unspecified atom stereocenters. The molecule has 3 rings (SSSR count). The van der Waals surface area contributed by atoms with Gasteiger partial charge in [-0.05, 0) is 44.1 Å². The summed E-state index contributed by atoms with van der Waals surface area (Å²) < 4.78 is 58.7. The van der Waals surface area contributed by atoms with Gasteiger partial charge in [0.05, 0.1) is 37.4 Å². The van der Waals surface area contributed by atoms with Gasteiger partial charge in [0.2, 0.25) is 0 Å². The number of phosphoric acid groups is 2. The summed E-state index contributed by atoms with van der Waals surface area (Å²) in [7, 11) is -11.3. The average Bonchev–Trinajstić information content (AvgIpc) is 3.29. The second kappa shape index (κ2) is 32.1. The minimum absolute atomic E-state index is 0.0774. The summed E-state index contributed by atoms with van der Waals surface area (Å²) in [6.07, 6.45) is 7.67. The van der Waals surface area contributed by atoms with Gasteiger partial charge < -0.3 is 50.2 Å². The van der Waals surface area contributed by atoms with Gasteiger partial charge in [0.25, 0.3) is 0 Å². The van der Waals surface area contributed by atoms with Gasteiger partial charge in [0.15, 0.2) is 6.10 Å². The van der Waals surface area contributed by atoms with Crippen LogP contribution in [0.5, 0.6) is 0 Å². The van der Waals surface area contributed by atoms with E-state index in [9.17, 15) is 58.5 Å². The van der Waals surface area contributed by atoms with Gasteiger partial charge in [-0.1, -0.05) is 122 Å². The number of nitrogens with zero attached hydrogens (tertiary/aromatic N) is 2. The number of fused-ring (bicyclic) bond motifs is 3. The molecule has 0 aliphatic carbocycles. The van der Waals surface area contributed by atoms with Crippen molar-refractivity contribution in [1.29, 1.82) is 0 Å². The molecule has 1 saturated heterocycles. The van der Waals surface area contributed by atoms with E-state index in [4.69, 9.17) is 29.0 Å². The van der Waals surface area contributed by atoms with Gasteiger partial charge in [0, 0.05) is 31.4 Å². The predicted octanol–water partition coefficient (Wildman–Crippen LogP) is 6.28. The van der Waals surface area contributed by atoms with Crippen LogP contribution in [0, 0.1) is 17.8 Å². The second-order valence-electron chi connectivity index (χ2n) is 18.3. The largest absolute Gasteiger partial charge is 0.481 e. The van der Waals surface area contributed by atoms with Crippen LogP contribution in [0.3, 0.4) is 0 Å². The smallest absolute Gasteiger partial charge is 0.462 e. The minimum Gasteiger partial charge on any atom is -0.462 e. The van der Waals surface area contributed by atoms with Crippen molar-refractivity contribution in [3.05, 3.63) is 47.1 Å². The Bertz CT molecular complexity index is 1950. The Morgan fingerprint density at radius 2 is 1.59 bits per heavy atom. The lowest BCUT2D eigenvalue weighted by Gasteiger charge is -2.39. The molecule has 0 spiro atoms. The number of nitrogen functional groups attached to an aromatic ring is 1. The molecule has 400 valence electrons. The highest BCUT2D eigenvalue weighted by Crippen LogP contribution is 2.60. The Kier molecular flexibility index (Phi) is 28.0. The van der Waals surface area contributed by atoms with Crippen molar-refractivity contribution in [2.45, 2.75) is 192 Å². The van der Waals surface area contributed by atoms with Gasteiger partial charge >= 0.3 is 33.3 Å². The van der Waals surface area contributed by atoms with E-state index in [1.54, 1.807) is 12.2 Å². The van der Waals surface area contributed by atoms with Crippen LogP contribution in [0.1, 0.15) is 155 Å². The number of Topliss-reactive ketones (excluding diaryl/α,β-unsaturated/α-hetero) is 1. The predicted molar refractivity (Wildman–Crippen MR) is 257 cm³/mol. The molecule has 21 nitrogen and oxygen atoms in total. The van der Waals surface area contributed by atoms with Crippen molar-refractivity contribution < 1.29 is 81.3 Å². The molecule has 1 aromatic rings. The first-order chi connectivity index (χ1) is 33.3. The number of phosphoric ester groups is 2. The number of carbonyl (C=O) groups excluding carboxylic acids is 3. The minimum atomic E-state index is -5.72. The van der Waals surface area contributed by atoms with Crippen molar-refractivity contribution in [3.8, 4) is 0 Å². The molecular formula is C47H79N3O18P2. The van der Waals surface area contributed by atoms with Crippen molar-refractivity contribution in [3.63, 3.8) is 0 Å². The standard InChI is InChI=1S/C47H79N3O18P2/c1-4-6-15-21-34(51)25-26-36-38(52)29-39(53)37-22-17-13-14-19-24-43(55)66-35(30-63-42(54)23-18-12-10-8-7-9-11-16-20-33(3)5-2)31-64-69(59,60)68-70(61,62)65-32-40(45(57)44(36)56)67-46(37)50-28-27-41(48)49-47(50)58/h13,17,25-28,33-37,39-40,44-46,51,53,56-57H,4-12,14-16,18-24,29-32H2,1-3H3,(H,59,60)(H,61,62)(H2,48,49,58)/t33?,34-,35+,36-,37-,39-,40+,44-,45+,46+/m0/s1. The molecule has 0 aromatic carbocycles. The third kappa shape index (κ3) is 23.1. The first kappa shape index (κ1) is 61.1. The Labute approximate surface area is 411 Å². The Hall–Kier alpha value is -3.17. The van der Waals surface area contributed by atoms with E-state index < -0.39 is 120 Å². The fourth-order valence-electron chi connectivity index (χ4n) is 8.04. The molecule has 8 N–H and O–H groups in total. The number of aromatic nitrogens is 2. The molecule has 2 bridgehead atoms. The van der Waals surface area contributed by atoms with E-state index >= 15 is 0 Å². The molecule has 1 aromatic heterocycles. The number of aliphatic hydroxyl groups is 4. The van der Waals surface area contributed by atoms with Gasteiger partial charge in [-0.25, -0.2) is 13.9 Å². The van der Waals surface area contributed by atoms with E-state index in [2.05, 4.69) is 23.1 Å². The maximum absolute atomic E-state index is 13.9. The molecule has 70 heavy (non-hydrogen) atoms. The van der Waals surface area contributed by atoms with E-state index in [1.165, 1.54) is 50.3 Å². The number of rotatable bonds is 21. The number of hydrogen-bond acceptors (Lipinski definition) is 18. The number of ketones is 1. The van der Waals surface area contributed by atoms with Crippen LogP contribution in [-0.4, -0.2) is 114 Å². The van der Waals surface area contributed by atoms with E-state index in [0.29, 0.717) is 19.3 Å². The zero-order valence-corrected chi connectivity index (χ0v) is 42.7. The average molecular weight is 1040 g/mol. The Balaban J connectivity index is 1.85. The molecule has 0 amide bonds. The molecule has 1 fully saturated rings. The Morgan fingerprint density at radius 1 is 0.929 bits per heavy atom. The van der Waals surface area contributed by atoms with Gasteiger partial charge in [-0.2, -0.15) is 9.29 Å². The normalized spacial score (nSPS) is 30.1. The maximum Gasteiger partial charge on any atom is 0.481 e. The van der Waals surface area contributed by atoms with E-state index in [-0.39, 0.29) is 37.9 Å². The van der Waals surface area contributed by atoms with Crippen molar-refractivity contribution in [2.75, 3.05) is 25.6 Å². The number of ether oxygens (including phenoxy) is 3. The highest BCUT2D eigenvalue weighted by molar-refractivity contribution is 7.61. The summed E-state index contributed by atoms with van der Waals surface area (Å²) in [6, 6.07) is 1.23. The molecule has 23 heteroatoms. The lowest BCUT2D eigenvalue weighted by Crippen LogP contribution is -2.51. The molecule has 0 saturated carbocycles. The number of anilines is 1. The third-order valence-corrected chi connectivity index (χ3v) is 15.0. The van der Waals surface area contributed by atoms with Gasteiger partial charge in [-0.15, -0.1) is 0 Å². The lowest BCUT2D eigenvalue weighted by molar-refractivity contribution is -0.186. The van der Waals surface area contributed by atoms with Crippen molar-refractivity contribution in [2.24, 2.45) is 17.8 Å². The quantitative estimate of drug-likeness (QED) is 0.0308. The summed E-state index contributed by atoms with van der Waals surface area (Å²) in [5.41, 5.74) is 4.74. The molecule has 3 heterocycles. The Morgan fingerprint density at radius 3 is 2.26 bits per heavy atom. The lowest BCUT2D eigenvalue weighted by atomic mass is 9.83. The summed E-state index contributed by atoms with van der Waals surface area (Å²) in [6.45, 7) is 3.71. The van der Waals surface area contributed by atoms with Crippen LogP contribution in [0.2, 0.25) is 0 Å². The summed E-state index contributed by atoms with van der Waals surface area (Å²) in [5.74, 6) is -4.45. The fourth-order valence-corrected chi connectivity index (χ4v) is 10.2. The molecular weight excluding hydrogens is 956 g/mol. The number of nitrogens with two attached hydrogens (primary N) is 1. The van der Waals surface area contributed by atoms with E-state index in [0.717, 1.165) is 55.2 Å². The van der Waals surface area contributed by atoms with E-state index in [1.807, 2.05) is 6.92 Å². The van der Waals surface area contributed by atoms with Crippen LogP contribution in [-0.2, 0) is 51.1 Å². The monoisotopic (exact) mass is 1040 g/mol. The topological polar surface area (TPSA) is 323 Å². The van der Waals surface area contributed by atoms with Crippen molar-refractivity contribution in [1.82, 2.24) is 9.55 Å². The van der Waals surface area contributed by atoms with Gasteiger partial charge in [0.1, 0.15) is 36.6 Å². The number of allylic oxidation sites excluding steroid dienone is 2. The van der Waals surface area contributed by atoms with Crippen molar-refractivity contribution >= 4 is 39.2 Å². The first-order valence-electron chi connectivity index (χ1n) is 24.8. The number of cyclic esters (lactones) is 1. The molecule has 2 aliphatic rings. The first-order valence-corrected chi connectivity index (χ1v) is 27.8. The second-order valence-corrected chi connectivity index (χ2v) is 21.4. The highest BCUT2D eigenvalue weighted by Gasteiger charge is 2.45. The van der Waals surface area contributed by atoms with Crippen LogP contribution < -0.4 is 11.4 Å². The summed E-state index contributed by atoms with van der Waals surface area (Å²) in [5, 5.41) is 45.6. The zero-order chi connectivity index (χ0) is 51.7. The number of unbranched alkanes of at least 4 members (excludes halogenated alkanes) is 9. The number of carbonyl (C=O) groups is 3. The van der Waals surface area contributed by atoms with Gasteiger partial charge in [-0.3, -0.25) is 28.0 Å². The number of esters is 2. The number of hydrogen-bond donors (Lipinski definition) is 7. The van der Waals surface area contributed by atoms with Crippen LogP contribution >= 0.6 is 15.6 Å². The molecule has 0 radical (unpaired) electrons. The molecule has 12 atom stereocenters. The van der Waals surface area contributed by atoms with Crippen LogP contribution in [0.15, 0.2) is 41.4 Å². The van der Waals surface area contributed by atoms with Crippen LogP contribution in [0.4, 0.5) is 5.82 Å². The number of aliphatic hydroxyl groups excluding tert-OH is 4. The fraction of sp³-hybridized carbons (Fsp3) is 0.766. The van der Waals surface area contributed by atoms with Crippen LogP contribution in [0.25, 0.3) is 0 Å².